The second-order valence-electron chi connectivity index (χ2n) is 3.26. The third-order valence-corrected chi connectivity index (χ3v) is 2.02. The van der Waals surface area contributed by atoms with Crippen molar-refractivity contribution in [1.29, 1.82) is 0 Å². The van der Waals surface area contributed by atoms with E-state index in [0.29, 0.717) is 12.3 Å². The topological polar surface area (TPSA) is 72.3 Å². The van der Waals surface area contributed by atoms with Crippen molar-refractivity contribution in [3.63, 3.8) is 0 Å². The van der Waals surface area contributed by atoms with Crippen molar-refractivity contribution < 1.29 is 9.63 Å². The summed E-state index contributed by atoms with van der Waals surface area (Å²) < 4.78 is 5.02. The Morgan fingerprint density at radius 2 is 2.42 bits per heavy atom. The lowest BCUT2D eigenvalue weighted by atomic mass is 9.89. The van der Waals surface area contributed by atoms with E-state index < -0.39 is 5.41 Å². The highest BCUT2D eigenvalue weighted by molar-refractivity contribution is 5.15. The largest absolute Gasteiger partial charge is 0.395 e. The molecule has 1 atom stereocenters. The van der Waals surface area contributed by atoms with Crippen LogP contribution in [0.15, 0.2) is 10.6 Å². The number of nitrogens with zero attached hydrogens (tertiary/aromatic N) is 1. The summed E-state index contributed by atoms with van der Waals surface area (Å²) in [6.45, 7) is 3.99. The van der Waals surface area contributed by atoms with Gasteiger partial charge in [-0.1, -0.05) is 5.16 Å². The molecule has 68 valence electrons. The first-order valence-electron chi connectivity index (χ1n) is 3.87. The fourth-order valence-electron chi connectivity index (χ4n) is 0.891. The van der Waals surface area contributed by atoms with Gasteiger partial charge in [0.05, 0.1) is 17.7 Å². The molecule has 0 saturated carbocycles. The van der Waals surface area contributed by atoms with E-state index in [9.17, 15) is 0 Å². The predicted octanol–water partition coefficient (Wildman–Crippen LogP) is 0.192. The molecule has 0 aliphatic rings. The molecule has 0 saturated heterocycles. The van der Waals surface area contributed by atoms with E-state index in [1.807, 2.05) is 13.8 Å². The Hall–Kier alpha value is -0.870. The van der Waals surface area contributed by atoms with Crippen LogP contribution in [-0.2, 0) is 5.41 Å². The first kappa shape index (κ1) is 9.22. The minimum atomic E-state index is -0.499. The molecule has 0 spiro atoms. The number of aromatic nitrogens is 1. The Kier molecular flexibility index (Phi) is 2.49. The van der Waals surface area contributed by atoms with E-state index in [-0.39, 0.29) is 6.61 Å². The van der Waals surface area contributed by atoms with Crippen LogP contribution in [0.5, 0.6) is 0 Å². The van der Waals surface area contributed by atoms with Crippen LogP contribution in [0.2, 0.25) is 0 Å². The molecule has 0 fully saturated rings. The zero-order chi connectivity index (χ0) is 9.19. The molecule has 1 aromatic heterocycles. The average Bonchev–Trinajstić information content (AvgIpc) is 2.51. The van der Waals surface area contributed by atoms with Crippen molar-refractivity contribution >= 4 is 0 Å². The Labute approximate surface area is 71.4 Å². The summed E-state index contributed by atoms with van der Waals surface area (Å²) in [4.78, 5) is 0. The summed E-state index contributed by atoms with van der Waals surface area (Å²) in [6, 6.07) is 1.79. The average molecular weight is 170 g/mol. The van der Waals surface area contributed by atoms with Gasteiger partial charge in [-0.3, -0.25) is 0 Å². The summed E-state index contributed by atoms with van der Waals surface area (Å²) >= 11 is 0. The lowest BCUT2D eigenvalue weighted by Gasteiger charge is -2.20. The summed E-state index contributed by atoms with van der Waals surface area (Å²) in [5, 5.41) is 12.8. The maximum absolute atomic E-state index is 9.08. The molecule has 0 radical (unpaired) electrons. The number of aliphatic hydroxyl groups is 1. The Morgan fingerprint density at radius 3 is 2.75 bits per heavy atom. The highest BCUT2D eigenvalue weighted by Crippen LogP contribution is 2.22. The molecule has 0 aliphatic carbocycles. The van der Waals surface area contributed by atoms with Gasteiger partial charge in [0.25, 0.3) is 0 Å². The standard InChI is InChI=1S/C8H14N2O2/c1-6-3-7(12-10-6)8(2,4-9)5-11/h3,11H,4-5,9H2,1-2H3. The van der Waals surface area contributed by atoms with Gasteiger partial charge in [-0.2, -0.15) is 0 Å². The van der Waals surface area contributed by atoms with Crippen LogP contribution in [-0.4, -0.2) is 23.4 Å². The maximum atomic E-state index is 9.08. The smallest absolute Gasteiger partial charge is 0.146 e. The van der Waals surface area contributed by atoms with Crippen molar-refractivity contribution in [3.05, 3.63) is 17.5 Å². The van der Waals surface area contributed by atoms with Gasteiger partial charge in [-0.15, -0.1) is 0 Å². The fourth-order valence-corrected chi connectivity index (χ4v) is 0.891. The number of hydrogen-bond acceptors (Lipinski definition) is 4. The first-order chi connectivity index (χ1) is 5.62. The third kappa shape index (κ3) is 1.49. The molecule has 0 bridgehead atoms. The van der Waals surface area contributed by atoms with E-state index >= 15 is 0 Å². The molecular weight excluding hydrogens is 156 g/mol. The van der Waals surface area contributed by atoms with Crippen LogP contribution in [0.25, 0.3) is 0 Å². The number of aryl methyl sites for hydroxylation is 1. The zero-order valence-electron chi connectivity index (χ0n) is 7.37. The van der Waals surface area contributed by atoms with Crippen LogP contribution >= 0.6 is 0 Å². The normalized spacial score (nSPS) is 16.0. The first-order valence-corrected chi connectivity index (χ1v) is 3.87. The second-order valence-corrected chi connectivity index (χ2v) is 3.26. The lowest BCUT2D eigenvalue weighted by Crippen LogP contribution is -2.35. The van der Waals surface area contributed by atoms with E-state index in [1.165, 1.54) is 0 Å². The Bertz CT molecular complexity index is 253. The quantitative estimate of drug-likeness (QED) is 0.679. The van der Waals surface area contributed by atoms with Crippen LogP contribution < -0.4 is 5.73 Å². The molecular formula is C8H14N2O2. The number of rotatable bonds is 3. The van der Waals surface area contributed by atoms with Crippen LogP contribution in [0, 0.1) is 6.92 Å². The van der Waals surface area contributed by atoms with Gasteiger partial charge in [0.15, 0.2) is 0 Å². The van der Waals surface area contributed by atoms with Gasteiger partial charge in [0.1, 0.15) is 5.76 Å². The number of aliphatic hydroxyl groups excluding tert-OH is 1. The molecule has 1 heterocycles. The molecule has 1 aromatic rings. The molecule has 1 rings (SSSR count). The summed E-state index contributed by atoms with van der Waals surface area (Å²) in [5.74, 6) is 0.644. The summed E-state index contributed by atoms with van der Waals surface area (Å²) in [7, 11) is 0. The SMILES string of the molecule is Cc1cc(C(C)(CN)CO)on1. The maximum Gasteiger partial charge on any atom is 0.146 e. The van der Waals surface area contributed by atoms with E-state index in [4.69, 9.17) is 15.4 Å². The van der Waals surface area contributed by atoms with Gasteiger partial charge in [0.2, 0.25) is 0 Å². The molecule has 0 aliphatic heterocycles. The van der Waals surface area contributed by atoms with Gasteiger partial charge < -0.3 is 15.4 Å². The van der Waals surface area contributed by atoms with Gasteiger partial charge in [0, 0.05) is 12.6 Å². The van der Waals surface area contributed by atoms with E-state index in [1.54, 1.807) is 6.07 Å². The van der Waals surface area contributed by atoms with Crippen molar-refractivity contribution in [2.75, 3.05) is 13.2 Å². The molecule has 3 N–H and O–H groups in total. The Balaban J connectivity index is 2.94. The van der Waals surface area contributed by atoms with Crippen LogP contribution in [0.3, 0.4) is 0 Å². The van der Waals surface area contributed by atoms with E-state index in [2.05, 4.69) is 5.16 Å². The minimum Gasteiger partial charge on any atom is -0.395 e. The second kappa shape index (κ2) is 3.25. The van der Waals surface area contributed by atoms with Gasteiger partial charge >= 0.3 is 0 Å². The summed E-state index contributed by atoms with van der Waals surface area (Å²) in [6.07, 6.45) is 0. The van der Waals surface area contributed by atoms with Crippen molar-refractivity contribution in [2.24, 2.45) is 5.73 Å². The van der Waals surface area contributed by atoms with Gasteiger partial charge in [-0.25, -0.2) is 0 Å². The van der Waals surface area contributed by atoms with Crippen molar-refractivity contribution in [2.45, 2.75) is 19.3 Å². The predicted molar refractivity (Wildman–Crippen MR) is 44.7 cm³/mol. The number of nitrogens with two attached hydrogens (primary N) is 1. The summed E-state index contributed by atoms with van der Waals surface area (Å²) in [5.41, 5.74) is 5.82. The highest BCUT2D eigenvalue weighted by Gasteiger charge is 2.28. The minimum absolute atomic E-state index is 0.0296. The fraction of sp³-hybridized carbons (Fsp3) is 0.625. The molecule has 4 heteroatoms. The molecule has 0 amide bonds. The third-order valence-electron chi connectivity index (χ3n) is 2.02. The Morgan fingerprint density at radius 1 is 1.75 bits per heavy atom. The number of hydrogen-bond donors (Lipinski definition) is 2. The van der Waals surface area contributed by atoms with E-state index in [0.717, 1.165) is 5.69 Å². The zero-order valence-corrected chi connectivity index (χ0v) is 7.37. The molecule has 0 aromatic carbocycles. The van der Waals surface area contributed by atoms with Crippen molar-refractivity contribution in [3.8, 4) is 0 Å². The highest BCUT2D eigenvalue weighted by atomic mass is 16.5. The molecule has 4 nitrogen and oxygen atoms in total. The lowest BCUT2D eigenvalue weighted by molar-refractivity contribution is 0.178. The van der Waals surface area contributed by atoms with Crippen LogP contribution in [0.4, 0.5) is 0 Å². The van der Waals surface area contributed by atoms with Gasteiger partial charge in [-0.05, 0) is 13.8 Å². The molecule has 1 unspecified atom stereocenters. The monoisotopic (exact) mass is 170 g/mol. The van der Waals surface area contributed by atoms with Crippen LogP contribution in [0.1, 0.15) is 18.4 Å². The molecule has 12 heavy (non-hydrogen) atoms. The van der Waals surface area contributed by atoms with Crippen molar-refractivity contribution in [1.82, 2.24) is 5.16 Å².